The van der Waals surface area contributed by atoms with Gasteiger partial charge in [-0.3, -0.25) is 4.79 Å². The molecule has 1 amide bonds. The fourth-order valence-electron chi connectivity index (χ4n) is 3.47. The number of hydrogen-bond acceptors (Lipinski definition) is 9. The summed E-state index contributed by atoms with van der Waals surface area (Å²) < 4.78 is 60.6. The Morgan fingerprint density at radius 3 is 2.66 bits per heavy atom. The summed E-state index contributed by atoms with van der Waals surface area (Å²) in [7, 11) is -1.53. The molecule has 0 radical (unpaired) electrons. The van der Waals surface area contributed by atoms with Crippen molar-refractivity contribution in [2.75, 3.05) is 18.1 Å². The van der Waals surface area contributed by atoms with Gasteiger partial charge in [0.05, 0.1) is 22.7 Å². The standard InChI is InChI=1S/C20H21ClF2N6O5S/c1-20(3-5-35(31,32)6-4-20)28-18(30)17-27-15-16(29(17)2)26-14(9-24-15)34-19-12(33-10-13(22)23)7-11(21)8-25-19/h7-9,13H,3-6,10H2,1-2H3,(H,28,30). The Kier molecular flexibility index (Phi) is 6.77. The maximum Gasteiger partial charge on any atom is 0.287 e. The Morgan fingerprint density at radius 2 is 1.97 bits per heavy atom. The molecule has 0 saturated carbocycles. The fraction of sp³-hybridized carbons (Fsp3) is 0.450. The lowest BCUT2D eigenvalue weighted by molar-refractivity contribution is 0.0803. The van der Waals surface area contributed by atoms with E-state index < -0.39 is 34.3 Å². The average Bonchev–Trinajstić information content (AvgIpc) is 3.12. The molecule has 1 saturated heterocycles. The molecule has 15 heteroatoms. The molecular formula is C20H21ClF2N6O5S. The minimum absolute atomic E-state index is 0.00210. The number of alkyl halides is 2. The maximum absolute atomic E-state index is 12.9. The van der Waals surface area contributed by atoms with E-state index in [1.165, 1.54) is 23.0 Å². The number of amides is 1. The van der Waals surface area contributed by atoms with E-state index in [1.807, 2.05) is 0 Å². The largest absolute Gasteiger partial charge is 0.482 e. The van der Waals surface area contributed by atoms with Gasteiger partial charge in [0.2, 0.25) is 11.7 Å². The highest BCUT2D eigenvalue weighted by atomic mass is 35.5. The van der Waals surface area contributed by atoms with Crippen molar-refractivity contribution in [2.24, 2.45) is 7.05 Å². The molecule has 0 atom stereocenters. The molecule has 1 N–H and O–H groups in total. The second-order valence-electron chi connectivity index (χ2n) is 8.28. The Hall–Kier alpha value is -3.13. The summed E-state index contributed by atoms with van der Waals surface area (Å²) >= 11 is 5.87. The van der Waals surface area contributed by atoms with Crippen LogP contribution >= 0.6 is 11.6 Å². The van der Waals surface area contributed by atoms with Crippen LogP contribution in [0, 0.1) is 0 Å². The lowest BCUT2D eigenvalue weighted by atomic mass is 9.95. The summed E-state index contributed by atoms with van der Waals surface area (Å²) in [4.78, 5) is 29.5. The first-order chi connectivity index (χ1) is 16.4. The molecule has 3 aromatic heterocycles. The molecule has 0 aliphatic carbocycles. The van der Waals surface area contributed by atoms with E-state index in [4.69, 9.17) is 21.1 Å². The number of nitrogens with one attached hydrogen (secondary N) is 1. The number of carbonyl (C=O) groups excluding carboxylic acids is 1. The van der Waals surface area contributed by atoms with Crippen LogP contribution in [0.5, 0.6) is 17.5 Å². The zero-order chi connectivity index (χ0) is 25.4. The topological polar surface area (TPSA) is 138 Å². The van der Waals surface area contributed by atoms with Gasteiger partial charge in [-0.25, -0.2) is 32.2 Å². The van der Waals surface area contributed by atoms with Gasteiger partial charge in [-0.05, 0) is 19.8 Å². The van der Waals surface area contributed by atoms with Crippen molar-refractivity contribution >= 4 is 38.6 Å². The molecule has 35 heavy (non-hydrogen) atoms. The second-order valence-corrected chi connectivity index (χ2v) is 11.0. The predicted molar refractivity (Wildman–Crippen MR) is 121 cm³/mol. The molecule has 188 valence electrons. The quantitative estimate of drug-likeness (QED) is 0.488. The molecule has 0 aromatic carbocycles. The van der Waals surface area contributed by atoms with Crippen molar-refractivity contribution in [3.63, 3.8) is 0 Å². The SMILES string of the molecule is Cn1c(C(=O)NC2(C)CCS(=O)(=O)CC2)nc2ncc(Oc3ncc(Cl)cc3OCC(F)F)nc21. The highest BCUT2D eigenvalue weighted by Crippen LogP contribution is 2.31. The van der Waals surface area contributed by atoms with E-state index >= 15 is 0 Å². The molecule has 0 spiro atoms. The van der Waals surface area contributed by atoms with Gasteiger partial charge >= 0.3 is 0 Å². The smallest absolute Gasteiger partial charge is 0.287 e. The highest BCUT2D eigenvalue weighted by Gasteiger charge is 2.35. The number of aromatic nitrogens is 5. The van der Waals surface area contributed by atoms with Crippen LogP contribution in [0.2, 0.25) is 5.02 Å². The first-order valence-corrected chi connectivity index (χ1v) is 12.6. The third-order valence-corrected chi connectivity index (χ3v) is 7.32. The maximum atomic E-state index is 12.9. The van der Waals surface area contributed by atoms with Crippen molar-refractivity contribution in [3.05, 3.63) is 29.3 Å². The van der Waals surface area contributed by atoms with Crippen molar-refractivity contribution in [1.82, 2.24) is 29.8 Å². The van der Waals surface area contributed by atoms with Crippen molar-refractivity contribution in [1.29, 1.82) is 0 Å². The third-order valence-electron chi connectivity index (χ3n) is 5.46. The fourth-order valence-corrected chi connectivity index (χ4v) is 5.35. The number of imidazole rings is 1. The van der Waals surface area contributed by atoms with Crippen LogP contribution in [0.25, 0.3) is 11.3 Å². The van der Waals surface area contributed by atoms with E-state index in [2.05, 4.69) is 25.3 Å². The molecular weight excluding hydrogens is 510 g/mol. The van der Waals surface area contributed by atoms with Crippen LogP contribution in [0.1, 0.15) is 30.4 Å². The molecule has 1 aliphatic rings. The van der Waals surface area contributed by atoms with E-state index in [9.17, 15) is 22.0 Å². The van der Waals surface area contributed by atoms with Gasteiger partial charge < -0.3 is 19.4 Å². The molecule has 1 aliphatic heterocycles. The van der Waals surface area contributed by atoms with Crippen LogP contribution in [0.3, 0.4) is 0 Å². The molecule has 4 rings (SSSR count). The lowest BCUT2D eigenvalue weighted by Gasteiger charge is -2.34. The number of pyridine rings is 1. The lowest BCUT2D eigenvalue weighted by Crippen LogP contribution is -2.51. The monoisotopic (exact) mass is 530 g/mol. The number of halogens is 3. The molecule has 11 nitrogen and oxygen atoms in total. The number of ether oxygens (including phenoxy) is 2. The zero-order valence-electron chi connectivity index (χ0n) is 18.7. The molecule has 0 bridgehead atoms. The predicted octanol–water partition coefficient (Wildman–Crippen LogP) is 2.54. The number of sulfone groups is 1. The summed E-state index contributed by atoms with van der Waals surface area (Å²) in [5.41, 5.74) is -0.308. The Labute approximate surface area is 203 Å². The van der Waals surface area contributed by atoms with E-state index in [0.29, 0.717) is 12.8 Å². The molecule has 4 heterocycles. The number of hydrogen-bond donors (Lipinski definition) is 1. The first-order valence-electron chi connectivity index (χ1n) is 10.4. The van der Waals surface area contributed by atoms with Gasteiger partial charge in [0.1, 0.15) is 16.4 Å². The van der Waals surface area contributed by atoms with E-state index in [1.54, 1.807) is 14.0 Å². The molecule has 0 unspecified atom stereocenters. The number of carbonyl (C=O) groups is 1. The minimum atomic E-state index is -3.09. The first kappa shape index (κ1) is 25.0. The Bertz CT molecular complexity index is 1370. The van der Waals surface area contributed by atoms with Gasteiger partial charge in [-0.1, -0.05) is 11.6 Å². The van der Waals surface area contributed by atoms with Crippen molar-refractivity contribution in [3.8, 4) is 17.5 Å². The van der Waals surface area contributed by atoms with Gasteiger partial charge in [-0.2, -0.15) is 4.98 Å². The minimum Gasteiger partial charge on any atom is -0.482 e. The van der Waals surface area contributed by atoms with Crippen LogP contribution in [-0.2, 0) is 16.9 Å². The summed E-state index contributed by atoms with van der Waals surface area (Å²) in [5.74, 6) is -0.781. The number of rotatable bonds is 7. The van der Waals surface area contributed by atoms with E-state index in [0.717, 1.165) is 0 Å². The van der Waals surface area contributed by atoms with Crippen LogP contribution in [-0.4, -0.2) is 68.9 Å². The highest BCUT2D eigenvalue weighted by molar-refractivity contribution is 7.91. The van der Waals surface area contributed by atoms with Crippen molar-refractivity contribution < 1.29 is 31.5 Å². The summed E-state index contributed by atoms with van der Waals surface area (Å²) in [6.07, 6.45) is 0.365. The Morgan fingerprint density at radius 1 is 1.26 bits per heavy atom. The number of fused-ring (bicyclic) bond motifs is 1. The van der Waals surface area contributed by atoms with E-state index in [-0.39, 0.29) is 51.2 Å². The van der Waals surface area contributed by atoms with Crippen LogP contribution in [0.15, 0.2) is 18.5 Å². The summed E-state index contributed by atoms with van der Waals surface area (Å²) in [6.45, 7) is 0.908. The number of nitrogens with zero attached hydrogens (tertiary/aromatic N) is 5. The van der Waals surface area contributed by atoms with Crippen LogP contribution < -0.4 is 14.8 Å². The van der Waals surface area contributed by atoms with Gasteiger partial charge in [-0.15, -0.1) is 0 Å². The molecule has 1 fully saturated rings. The van der Waals surface area contributed by atoms with Gasteiger partial charge in [0.25, 0.3) is 18.2 Å². The summed E-state index contributed by atoms with van der Waals surface area (Å²) in [5, 5.41) is 3.03. The van der Waals surface area contributed by atoms with Crippen LogP contribution in [0.4, 0.5) is 8.78 Å². The van der Waals surface area contributed by atoms with Gasteiger partial charge in [0.15, 0.2) is 17.0 Å². The zero-order valence-corrected chi connectivity index (χ0v) is 20.2. The molecule has 3 aromatic rings. The summed E-state index contributed by atoms with van der Waals surface area (Å²) in [6, 6.07) is 1.28. The van der Waals surface area contributed by atoms with Gasteiger partial charge in [0, 0.05) is 24.8 Å². The average molecular weight is 531 g/mol. The normalized spacial score (nSPS) is 16.9. The second kappa shape index (κ2) is 9.49. The third kappa shape index (κ3) is 5.75. The Balaban J connectivity index is 1.55. The number of aryl methyl sites for hydroxylation is 1. The van der Waals surface area contributed by atoms with Crippen molar-refractivity contribution in [2.45, 2.75) is 31.7 Å².